The molecule has 0 bridgehead atoms. The number of hydrogen-bond donors (Lipinski definition) is 0. The van der Waals surface area contributed by atoms with E-state index in [-0.39, 0.29) is 11.8 Å². The number of anilines is 1. The Morgan fingerprint density at radius 2 is 1.93 bits per heavy atom. The average molecular weight is 420 g/mol. The van der Waals surface area contributed by atoms with E-state index >= 15 is 0 Å². The van der Waals surface area contributed by atoms with Gasteiger partial charge < -0.3 is 9.64 Å². The van der Waals surface area contributed by atoms with Crippen molar-refractivity contribution in [1.29, 1.82) is 5.26 Å². The van der Waals surface area contributed by atoms with Gasteiger partial charge in [-0.05, 0) is 42.7 Å². The lowest BCUT2D eigenvalue weighted by molar-refractivity contribution is -0.129. The van der Waals surface area contributed by atoms with Gasteiger partial charge in [-0.2, -0.15) is 5.26 Å². The van der Waals surface area contributed by atoms with Gasteiger partial charge in [0.25, 0.3) is 0 Å². The molecule has 0 N–H and O–H groups in total. The summed E-state index contributed by atoms with van der Waals surface area (Å²) >= 11 is 1.58. The highest BCUT2D eigenvalue weighted by molar-refractivity contribution is 8.03. The molecule has 0 spiro atoms. The Labute approximate surface area is 181 Å². The fourth-order valence-electron chi connectivity index (χ4n) is 4.08. The minimum absolute atomic E-state index is 0.0639. The van der Waals surface area contributed by atoms with Crippen LogP contribution in [0.2, 0.25) is 0 Å². The third-order valence-electron chi connectivity index (χ3n) is 5.60. The largest absolute Gasteiger partial charge is 0.494 e. The summed E-state index contributed by atoms with van der Waals surface area (Å²) in [4.78, 5) is 17.1. The Bertz CT molecular complexity index is 1010. The number of carbonyl (C=O) groups excluding carboxylic acids is 1. The lowest BCUT2D eigenvalue weighted by Gasteiger charge is -2.42. The van der Waals surface area contributed by atoms with Crippen molar-refractivity contribution >= 4 is 23.4 Å². The van der Waals surface area contributed by atoms with Gasteiger partial charge in [-0.3, -0.25) is 9.69 Å². The van der Waals surface area contributed by atoms with Crippen LogP contribution in [0.15, 0.2) is 59.1 Å². The summed E-state index contributed by atoms with van der Waals surface area (Å²) in [6, 6.07) is 18.5. The maximum absolute atomic E-state index is 13.1. The number of aryl methyl sites for hydroxylation is 1. The molecule has 1 saturated heterocycles. The number of ether oxygens (including phenoxy) is 1. The second-order valence-corrected chi connectivity index (χ2v) is 8.28. The molecule has 2 aromatic rings. The van der Waals surface area contributed by atoms with Crippen molar-refractivity contribution in [2.75, 3.05) is 24.1 Å². The van der Waals surface area contributed by atoms with Crippen molar-refractivity contribution in [3.05, 3.63) is 70.3 Å². The Hall–Kier alpha value is -2.91. The SMILES string of the molecule is CCOc1ccc(C2CC(=O)N3CN(c4ccccc4CC)CSC3=C2C#N)cc1. The van der Waals surface area contributed by atoms with Gasteiger partial charge in [-0.15, -0.1) is 0 Å². The summed E-state index contributed by atoms with van der Waals surface area (Å²) in [6.45, 7) is 5.18. The second kappa shape index (κ2) is 8.85. The maximum Gasteiger partial charge on any atom is 0.229 e. The van der Waals surface area contributed by atoms with Crippen LogP contribution >= 0.6 is 11.8 Å². The standard InChI is InChI=1S/C24H25N3O2S/c1-3-17-7-5-6-8-22(17)26-15-27-23(28)13-20(21(14-25)24(27)30-16-26)18-9-11-19(12-10-18)29-4-2/h5-12,20H,3-4,13,15-16H2,1-2H3. The van der Waals surface area contributed by atoms with Crippen LogP contribution in [0.5, 0.6) is 5.75 Å². The number of nitriles is 1. The van der Waals surface area contributed by atoms with Gasteiger partial charge >= 0.3 is 0 Å². The van der Waals surface area contributed by atoms with E-state index in [9.17, 15) is 10.1 Å². The fourth-order valence-corrected chi connectivity index (χ4v) is 5.24. The van der Waals surface area contributed by atoms with Gasteiger partial charge in [0.2, 0.25) is 5.91 Å². The molecular weight excluding hydrogens is 394 g/mol. The summed E-state index contributed by atoms with van der Waals surface area (Å²) in [6.07, 6.45) is 1.25. The quantitative estimate of drug-likeness (QED) is 0.692. The first-order valence-corrected chi connectivity index (χ1v) is 11.3. The fraction of sp³-hybridized carbons (Fsp3) is 0.333. The molecule has 30 heavy (non-hydrogen) atoms. The monoisotopic (exact) mass is 419 g/mol. The predicted molar refractivity (Wildman–Crippen MR) is 120 cm³/mol. The highest BCUT2D eigenvalue weighted by atomic mass is 32.2. The first-order chi connectivity index (χ1) is 14.7. The van der Waals surface area contributed by atoms with E-state index in [4.69, 9.17) is 4.74 Å². The smallest absolute Gasteiger partial charge is 0.229 e. The van der Waals surface area contributed by atoms with Crippen LogP contribution in [0.1, 0.15) is 37.3 Å². The zero-order valence-corrected chi connectivity index (χ0v) is 18.1. The van der Waals surface area contributed by atoms with Crippen LogP contribution in [-0.4, -0.2) is 30.0 Å². The average Bonchev–Trinajstić information content (AvgIpc) is 2.79. The summed E-state index contributed by atoms with van der Waals surface area (Å²) < 4.78 is 5.52. The van der Waals surface area contributed by atoms with E-state index in [1.807, 2.05) is 43.3 Å². The van der Waals surface area contributed by atoms with Crippen LogP contribution in [0.4, 0.5) is 5.69 Å². The number of fused-ring (bicyclic) bond motifs is 1. The highest BCUT2D eigenvalue weighted by Crippen LogP contribution is 2.43. The summed E-state index contributed by atoms with van der Waals surface area (Å²) in [5, 5.41) is 10.8. The molecule has 0 aliphatic carbocycles. The van der Waals surface area contributed by atoms with Crippen molar-refractivity contribution in [1.82, 2.24) is 4.90 Å². The molecule has 2 aliphatic heterocycles. The van der Waals surface area contributed by atoms with Gasteiger partial charge in [0.1, 0.15) is 5.75 Å². The molecule has 2 aliphatic rings. The van der Waals surface area contributed by atoms with Gasteiger partial charge in [0, 0.05) is 18.0 Å². The number of carbonyl (C=O) groups is 1. The van der Waals surface area contributed by atoms with Crippen molar-refractivity contribution in [3.8, 4) is 11.8 Å². The topological polar surface area (TPSA) is 56.6 Å². The third kappa shape index (κ3) is 3.78. The van der Waals surface area contributed by atoms with Crippen LogP contribution in [0, 0.1) is 11.3 Å². The number of amides is 1. The predicted octanol–water partition coefficient (Wildman–Crippen LogP) is 4.87. The normalized spacial score (nSPS) is 18.8. The summed E-state index contributed by atoms with van der Waals surface area (Å²) in [5.74, 6) is 1.38. The number of benzene rings is 2. The molecule has 4 rings (SSSR count). The molecule has 1 unspecified atom stereocenters. The minimum Gasteiger partial charge on any atom is -0.494 e. The number of thioether (sulfide) groups is 1. The Kier molecular flexibility index (Phi) is 6.01. The first kappa shape index (κ1) is 20.4. The minimum atomic E-state index is -0.202. The lowest BCUT2D eigenvalue weighted by atomic mass is 9.86. The summed E-state index contributed by atoms with van der Waals surface area (Å²) in [5.41, 5.74) is 4.09. The number of para-hydroxylation sites is 1. The van der Waals surface area contributed by atoms with Crippen LogP contribution < -0.4 is 9.64 Å². The van der Waals surface area contributed by atoms with Crippen molar-refractivity contribution in [3.63, 3.8) is 0 Å². The van der Waals surface area contributed by atoms with E-state index in [1.54, 1.807) is 16.7 Å². The molecule has 1 atom stereocenters. The molecule has 1 fully saturated rings. The van der Waals surface area contributed by atoms with Crippen molar-refractivity contribution < 1.29 is 9.53 Å². The van der Waals surface area contributed by atoms with E-state index in [2.05, 4.69) is 30.0 Å². The molecule has 0 saturated carbocycles. The zero-order chi connectivity index (χ0) is 21.1. The number of hydrogen-bond acceptors (Lipinski definition) is 5. The Balaban J connectivity index is 1.63. The van der Waals surface area contributed by atoms with Crippen molar-refractivity contribution in [2.45, 2.75) is 32.6 Å². The second-order valence-electron chi connectivity index (χ2n) is 7.35. The van der Waals surface area contributed by atoms with Gasteiger partial charge in [-0.25, -0.2) is 0 Å². The van der Waals surface area contributed by atoms with Gasteiger partial charge in [0.15, 0.2) is 0 Å². The maximum atomic E-state index is 13.1. The van der Waals surface area contributed by atoms with E-state index in [0.717, 1.165) is 34.3 Å². The molecule has 0 aromatic heterocycles. The molecule has 0 radical (unpaired) electrons. The third-order valence-corrected chi connectivity index (χ3v) is 6.75. The van der Waals surface area contributed by atoms with E-state index < -0.39 is 0 Å². The van der Waals surface area contributed by atoms with Crippen LogP contribution in [0.3, 0.4) is 0 Å². The van der Waals surface area contributed by atoms with Crippen molar-refractivity contribution in [2.24, 2.45) is 0 Å². The zero-order valence-electron chi connectivity index (χ0n) is 17.3. The molecule has 5 nitrogen and oxygen atoms in total. The molecular formula is C24H25N3O2S. The molecule has 6 heteroatoms. The number of rotatable bonds is 5. The lowest BCUT2D eigenvalue weighted by Crippen LogP contribution is -2.47. The molecule has 2 heterocycles. The number of allylic oxidation sites excluding steroid dienone is 1. The van der Waals surface area contributed by atoms with Gasteiger partial charge in [-0.1, -0.05) is 49.0 Å². The highest BCUT2D eigenvalue weighted by Gasteiger charge is 2.38. The van der Waals surface area contributed by atoms with Gasteiger partial charge in [0.05, 0.1) is 35.8 Å². The Morgan fingerprint density at radius 3 is 2.63 bits per heavy atom. The molecule has 2 aromatic carbocycles. The first-order valence-electron chi connectivity index (χ1n) is 10.3. The Morgan fingerprint density at radius 1 is 1.17 bits per heavy atom. The van der Waals surface area contributed by atoms with E-state index in [1.165, 1.54) is 5.56 Å². The molecule has 1 amide bonds. The number of nitrogens with zero attached hydrogens (tertiary/aromatic N) is 3. The molecule has 154 valence electrons. The van der Waals surface area contributed by atoms with E-state index in [0.29, 0.717) is 25.3 Å². The summed E-state index contributed by atoms with van der Waals surface area (Å²) in [7, 11) is 0. The van der Waals surface area contributed by atoms with Crippen LogP contribution in [-0.2, 0) is 11.2 Å². The van der Waals surface area contributed by atoms with Crippen LogP contribution in [0.25, 0.3) is 0 Å².